The summed E-state index contributed by atoms with van der Waals surface area (Å²) in [4.78, 5) is 0. The molecule has 2 aromatic rings. The van der Waals surface area contributed by atoms with Crippen LogP contribution in [0.5, 0.6) is 0 Å². The summed E-state index contributed by atoms with van der Waals surface area (Å²) in [6.07, 6.45) is 0. The Labute approximate surface area is 114 Å². The minimum atomic E-state index is -0.324. The van der Waals surface area contributed by atoms with Crippen molar-refractivity contribution >= 4 is 21.6 Å². The summed E-state index contributed by atoms with van der Waals surface area (Å²) < 4.78 is 14.1. The van der Waals surface area contributed by atoms with E-state index < -0.39 is 0 Å². The van der Waals surface area contributed by atoms with Crippen LogP contribution < -0.4 is 5.32 Å². The molecular formula is C14H13BrFNO. The second-order valence-electron chi connectivity index (χ2n) is 3.94. The largest absolute Gasteiger partial charge is 0.394 e. The average Bonchev–Trinajstić information content (AvgIpc) is 2.36. The predicted octanol–water partition coefficient (Wildman–Crippen LogP) is 3.73. The molecule has 0 saturated carbocycles. The number of halogens is 2. The smallest absolute Gasteiger partial charge is 0.123 e. The van der Waals surface area contributed by atoms with Gasteiger partial charge in [-0.15, -0.1) is 0 Å². The van der Waals surface area contributed by atoms with Crippen LogP contribution in [0.15, 0.2) is 53.0 Å². The van der Waals surface area contributed by atoms with Crippen LogP contribution in [0, 0.1) is 5.82 Å². The summed E-state index contributed by atoms with van der Waals surface area (Å²) in [5, 5.41) is 12.6. The van der Waals surface area contributed by atoms with Gasteiger partial charge in [0.25, 0.3) is 0 Å². The van der Waals surface area contributed by atoms with E-state index in [1.807, 2.05) is 24.3 Å². The zero-order valence-corrected chi connectivity index (χ0v) is 11.2. The number of benzene rings is 2. The summed E-state index contributed by atoms with van der Waals surface area (Å²) in [5.41, 5.74) is 1.59. The number of hydrogen-bond donors (Lipinski definition) is 2. The molecule has 1 atom stereocenters. The maximum atomic E-state index is 13.1. The third kappa shape index (κ3) is 3.31. The minimum Gasteiger partial charge on any atom is -0.394 e. The van der Waals surface area contributed by atoms with Gasteiger partial charge in [-0.1, -0.05) is 34.1 Å². The van der Waals surface area contributed by atoms with E-state index in [9.17, 15) is 9.50 Å². The maximum absolute atomic E-state index is 13.1. The van der Waals surface area contributed by atoms with Gasteiger partial charge in [-0.25, -0.2) is 4.39 Å². The number of aliphatic hydroxyl groups is 1. The van der Waals surface area contributed by atoms with Gasteiger partial charge in [0.1, 0.15) is 5.82 Å². The molecule has 18 heavy (non-hydrogen) atoms. The Balaban J connectivity index is 2.19. The molecule has 0 spiro atoms. The number of nitrogens with one attached hydrogen (secondary N) is 1. The molecule has 0 radical (unpaired) electrons. The average molecular weight is 310 g/mol. The lowest BCUT2D eigenvalue weighted by atomic mass is 10.1. The standard InChI is InChI=1S/C14H13BrFNO/c15-11-4-2-6-13(8-11)17-14(9-18)10-3-1-5-12(16)7-10/h1-8,14,17-18H,9H2. The van der Waals surface area contributed by atoms with Gasteiger partial charge in [0.2, 0.25) is 0 Å². The van der Waals surface area contributed by atoms with E-state index >= 15 is 0 Å². The summed E-state index contributed by atoms with van der Waals surface area (Å²) in [7, 11) is 0. The Morgan fingerprint density at radius 1 is 1.17 bits per heavy atom. The highest BCUT2D eigenvalue weighted by Crippen LogP contribution is 2.22. The van der Waals surface area contributed by atoms with Crippen LogP contribution in [0.4, 0.5) is 10.1 Å². The molecule has 94 valence electrons. The normalized spacial score (nSPS) is 12.2. The highest BCUT2D eigenvalue weighted by Gasteiger charge is 2.10. The fourth-order valence-corrected chi connectivity index (χ4v) is 2.14. The molecule has 0 aliphatic heterocycles. The minimum absolute atomic E-state index is 0.101. The van der Waals surface area contributed by atoms with E-state index in [1.165, 1.54) is 12.1 Å². The first-order chi connectivity index (χ1) is 8.69. The summed E-state index contributed by atoms with van der Waals surface area (Å²) in [6, 6.07) is 13.5. The molecule has 2 nitrogen and oxygen atoms in total. The Morgan fingerprint density at radius 3 is 2.61 bits per heavy atom. The van der Waals surface area contributed by atoms with Crippen molar-refractivity contribution in [3.05, 3.63) is 64.4 Å². The van der Waals surface area contributed by atoms with Gasteiger partial charge in [0.05, 0.1) is 12.6 Å². The third-order valence-corrected chi connectivity index (χ3v) is 3.09. The molecule has 2 N–H and O–H groups in total. The zero-order valence-electron chi connectivity index (χ0n) is 9.61. The van der Waals surface area contributed by atoms with Crippen molar-refractivity contribution < 1.29 is 9.50 Å². The van der Waals surface area contributed by atoms with Gasteiger partial charge in [0.15, 0.2) is 0 Å². The van der Waals surface area contributed by atoms with Gasteiger partial charge in [0, 0.05) is 10.2 Å². The number of hydrogen-bond acceptors (Lipinski definition) is 2. The summed E-state index contributed by atoms with van der Waals surface area (Å²) in [5.74, 6) is -0.304. The highest BCUT2D eigenvalue weighted by molar-refractivity contribution is 9.10. The molecule has 0 saturated heterocycles. The van der Waals surface area contributed by atoms with Crippen LogP contribution in [0.25, 0.3) is 0 Å². The van der Waals surface area contributed by atoms with Gasteiger partial charge < -0.3 is 10.4 Å². The SMILES string of the molecule is OCC(Nc1cccc(Br)c1)c1cccc(F)c1. The van der Waals surface area contributed by atoms with E-state index in [2.05, 4.69) is 21.2 Å². The van der Waals surface area contributed by atoms with E-state index in [4.69, 9.17) is 0 Å². The molecule has 0 bridgehead atoms. The Kier molecular flexibility index (Phi) is 4.33. The first kappa shape index (κ1) is 13.1. The Morgan fingerprint density at radius 2 is 1.94 bits per heavy atom. The molecular weight excluding hydrogens is 297 g/mol. The summed E-state index contributed by atoms with van der Waals surface area (Å²) in [6.45, 7) is -0.101. The molecule has 0 aliphatic rings. The molecule has 2 rings (SSSR count). The van der Waals surface area contributed by atoms with E-state index in [-0.39, 0.29) is 18.5 Å². The van der Waals surface area contributed by atoms with E-state index in [0.29, 0.717) is 0 Å². The zero-order chi connectivity index (χ0) is 13.0. The van der Waals surface area contributed by atoms with Crippen molar-refractivity contribution in [3.8, 4) is 0 Å². The Bertz CT molecular complexity index is 533. The number of aliphatic hydroxyl groups excluding tert-OH is 1. The van der Waals surface area contributed by atoms with Crippen molar-refractivity contribution in [1.82, 2.24) is 0 Å². The second kappa shape index (κ2) is 5.98. The van der Waals surface area contributed by atoms with Crippen LogP contribution >= 0.6 is 15.9 Å². The van der Waals surface area contributed by atoms with Crippen LogP contribution in [0.2, 0.25) is 0 Å². The van der Waals surface area contributed by atoms with Crippen molar-refractivity contribution in [2.45, 2.75) is 6.04 Å². The van der Waals surface area contributed by atoms with Crippen LogP contribution in [-0.4, -0.2) is 11.7 Å². The van der Waals surface area contributed by atoms with Crippen molar-refractivity contribution in [2.75, 3.05) is 11.9 Å². The van der Waals surface area contributed by atoms with Gasteiger partial charge in [-0.3, -0.25) is 0 Å². The van der Waals surface area contributed by atoms with Crippen molar-refractivity contribution in [1.29, 1.82) is 0 Å². The first-order valence-corrected chi connectivity index (χ1v) is 6.37. The fourth-order valence-electron chi connectivity index (χ4n) is 1.74. The molecule has 0 aliphatic carbocycles. The van der Waals surface area contributed by atoms with Gasteiger partial charge >= 0.3 is 0 Å². The van der Waals surface area contributed by atoms with Crippen LogP contribution in [-0.2, 0) is 0 Å². The fraction of sp³-hybridized carbons (Fsp3) is 0.143. The van der Waals surface area contributed by atoms with Crippen LogP contribution in [0.1, 0.15) is 11.6 Å². The lowest BCUT2D eigenvalue weighted by molar-refractivity contribution is 0.276. The highest BCUT2D eigenvalue weighted by atomic mass is 79.9. The Hall–Kier alpha value is -1.39. The lowest BCUT2D eigenvalue weighted by Crippen LogP contribution is -2.14. The molecule has 4 heteroatoms. The second-order valence-corrected chi connectivity index (χ2v) is 4.86. The molecule has 0 amide bonds. The topological polar surface area (TPSA) is 32.3 Å². The van der Waals surface area contributed by atoms with Crippen molar-refractivity contribution in [3.63, 3.8) is 0 Å². The predicted molar refractivity (Wildman–Crippen MR) is 74.0 cm³/mol. The number of anilines is 1. The van der Waals surface area contributed by atoms with Crippen molar-refractivity contribution in [2.24, 2.45) is 0 Å². The maximum Gasteiger partial charge on any atom is 0.123 e. The molecule has 0 fully saturated rings. The van der Waals surface area contributed by atoms with E-state index in [1.54, 1.807) is 12.1 Å². The van der Waals surface area contributed by atoms with Gasteiger partial charge in [-0.2, -0.15) is 0 Å². The molecule has 2 aromatic carbocycles. The lowest BCUT2D eigenvalue weighted by Gasteiger charge is -2.18. The first-order valence-electron chi connectivity index (χ1n) is 5.57. The molecule has 0 aromatic heterocycles. The monoisotopic (exact) mass is 309 g/mol. The molecule has 1 unspecified atom stereocenters. The third-order valence-electron chi connectivity index (χ3n) is 2.60. The number of rotatable bonds is 4. The van der Waals surface area contributed by atoms with Gasteiger partial charge in [-0.05, 0) is 35.9 Å². The quantitative estimate of drug-likeness (QED) is 0.902. The van der Waals surface area contributed by atoms with E-state index in [0.717, 1.165) is 15.7 Å². The summed E-state index contributed by atoms with van der Waals surface area (Å²) >= 11 is 3.38. The molecule has 0 heterocycles. The van der Waals surface area contributed by atoms with Crippen LogP contribution in [0.3, 0.4) is 0 Å².